The molecule has 6 heteroatoms. The van der Waals surface area contributed by atoms with Gasteiger partial charge in [-0.15, -0.1) is 0 Å². The van der Waals surface area contributed by atoms with Crippen molar-refractivity contribution >= 4 is 5.91 Å². The zero-order valence-electron chi connectivity index (χ0n) is 9.61. The molecule has 2 atom stereocenters. The molecule has 2 rings (SSSR count). The van der Waals surface area contributed by atoms with E-state index in [0.717, 1.165) is 6.08 Å². The van der Waals surface area contributed by atoms with Crippen LogP contribution in [0.3, 0.4) is 0 Å². The SMILES string of the molecule is N#C[C@H]1C(=O)NC(C(F)(F)F)=C[C@H]1c1ccccc1. The van der Waals surface area contributed by atoms with Crippen LogP contribution in [0.2, 0.25) is 0 Å². The molecular formula is C13H9F3N2O. The highest BCUT2D eigenvalue weighted by Gasteiger charge is 2.42. The van der Waals surface area contributed by atoms with E-state index in [1.54, 1.807) is 41.7 Å². The number of alkyl halides is 3. The zero-order chi connectivity index (χ0) is 14.0. The van der Waals surface area contributed by atoms with Gasteiger partial charge in [0.05, 0.1) is 6.07 Å². The Morgan fingerprint density at radius 3 is 2.37 bits per heavy atom. The predicted molar refractivity (Wildman–Crippen MR) is 60.6 cm³/mol. The third-order valence-electron chi connectivity index (χ3n) is 2.87. The number of hydrogen-bond donors (Lipinski definition) is 1. The molecule has 1 aliphatic heterocycles. The number of nitrogens with zero attached hydrogens (tertiary/aromatic N) is 1. The number of hydrogen-bond acceptors (Lipinski definition) is 2. The fourth-order valence-electron chi connectivity index (χ4n) is 1.96. The Labute approximate surface area is 107 Å². The summed E-state index contributed by atoms with van der Waals surface area (Å²) in [4.78, 5) is 11.6. The maximum Gasteiger partial charge on any atom is 0.431 e. The van der Waals surface area contributed by atoms with E-state index in [-0.39, 0.29) is 0 Å². The summed E-state index contributed by atoms with van der Waals surface area (Å²) in [6.07, 6.45) is -3.74. The number of nitriles is 1. The second-order valence-electron chi connectivity index (χ2n) is 4.11. The lowest BCUT2D eigenvalue weighted by Crippen LogP contribution is -2.41. The Hall–Kier alpha value is -2.29. The highest BCUT2D eigenvalue weighted by atomic mass is 19.4. The van der Waals surface area contributed by atoms with E-state index in [2.05, 4.69) is 0 Å². The maximum atomic E-state index is 12.7. The summed E-state index contributed by atoms with van der Waals surface area (Å²) in [5.74, 6) is -2.98. The Bertz CT molecular complexity index is 557. The maximum absolute atomic E-state index is 12.7. The molecule has 1 aromatic rings. The Balaban J connectivity index is 2.48. The molecule has 3 nitrogen and oxygen atoms in total. The van der Waals surface area contributed by atoms with E-state index in [4.69, 9.17) is 5.26 Å². The number of amides is 1. The van der Waals surface area contributed by atoms with Crippen LogP contribution in [0.25, 0.3) is 0 Å². The summed E-state index contributed by atoms with van der Waals surface area (Å²) >= 11 is 0. The van der Waals surface area contributed by atoms with Crippen molar-refractivity contribution in [2.24, 2.45) is 5.92 Å². The minimum absolute atomic E-state index is 0.505. The summed E-state index contributed by atoms with van der Waals surface area (Å²) in [6.45, 7) is 0. The van der Waals surface area contributed by atoms with E-state index < -0.39 is 29.6 Å². The number of benzene rings is 1. The van der Waals surface area contributed by atoms with Crippen LogP contribution in [-0.2, 0) is 4.79 Å². The molecular weight excluding hydrogens is 257 g/mol. The Morgan fingerprint density at radius 1 is 1.21 bits per heavy atom. The van der Waals surface area contributed by atoms with Crippen molar-refractivity contribution in [3.05, 3.63) is 47.7 Å². The second kappa shape index (κ2) is 4.76. The first kappa shape index (κ1) is 13.1. The smallest absolute Gasteiger partial charge is 0.321 e. The monoisotopic (exact) mass is 266 g/mol. The van der Waals surface area contributed by atoms with Gasteiger partial charge in [-0.3, -0.25) is 4.79 Å². The lowest BCUT2D eigenvalue weighted by Gasteiger charge is -2.27. The van der Waals surface area contributed by atoms with Gasteiger partial charge in [0.2, 0.25) is 5.91 Å². The van der Waals surface area contributed by atoms with Crippen molar-refractivity contribution in [2.75, 3.05) is 0 Å². The minimum Gasteiger partial charge on any atom is -0.321 e. The van der Waals surface area contributed by atoms with Crippen LogP contribution >= 0.6 is 0 Å². The molecule has 0 unspecified atom stereocenters. The summed E-state index contributed by atoms with van der Waals surface area (Å²) in [5.41, 5.74) is -0.608. The third-order valence-corrected chi connectivity index (χ3v) is 2.87. The zero-order valence-corrected chi connectivity index (χ0v) is 9.61. The first-order chi connectivity index (χ1) is 8.93. The van der Waals surface area contributed by atoms with Crippen LogP contribution in [0.15, 0.2) is 42.1 Å². The van der Waals surface area contributed by atoms with Crippen molar-refractivity contribution in [2.45, 2.75) is 12.1 Å². The normalized spacial score (nSPS) is 23.3. The summed E-state index contributed by atoms with van der Waals surface area (Å²) < 4.78 is 38.0. The van der Waals surface area contributed by atoms with E-state index in [1.807, 2.05) is 0 Å². The lowest BCUT2D eigenvalue weighted by molar-refractivity contribution is -0.130. The van der Waals surface area contributed by atoms with Crippen LogP contribution in [0.4, 0.5) is 13.2 Å². The van der Waals surface area contributed by atoms with Gasteiger partial charge in [0.25, 0.3) is 0 Å². The molecule has 0 bridgehead atoms. The van der Waals surface area contributed by atoms with Crippen molar-refractivity contribution < 1.29 is 18.0 Å². The number of halogens is 3. The average molecular weight is 266 g/mol. The molecule has 1 aromatic carbocycles. The molecule has 1 N–H and O–H groups in total. The van der Waals surface area contributed by atoms with Gasteiger partial charge in [-0.05, 0) is 11.6 Å². The minimum atomic E-state index is -4.64. The van der Waals surface area contributed by atoms with E-state index >= 15 is 0 Å². The lowest BCUT2D eigenvalue weighted by atomic mass is 9.83. The molecule has 0 spiro atoms. The Morgan fingerprint density at radius 2 is 1.84 bits per heavy atom. The molecule has 0 radical (unpaired) electrons. The molecule has 1 amide bonds. The Kier molecular flexibility index (Phi) is 3.30. The van der Waals surface area contributed by atoms with Gasteiger partial charge in [-0.2, -0.15) is 18.4 Å². The van der Waals surface area contributed by atoms with Gasteiger partial charge < -0.3 is 5.32 Å². The fraction of sp³-hybridized carbons (Fsp3) is 0.231. The third kappa shape index (κ3) is 2.60. The van der Waals surface area contributed by atoms with Crippen LogP contribution < -0.4 is 5.32 Å². The average Bonchev–Trinajstić information content (AvgIpc) is 2.37. The molecule has 0 fully saturated rings. The summed E-state index contributed by atoms with van der Waals surface area (Å²) in [5, 5.41) is 10.7. The number of nitrogens with one attached hydrogen (secondary N) is 1. The van der Waals surface area contributed by atoms with Gasteiger partial charge in [-0.1, -0.05) is 30.3 Å². The van der Waals surface area contributed by atoms with Crippen molar-refractivity contribution in [1.82, 2.24) is 5.32 Å². The molecule has 0 saturated heterocycles. The van der Waals surface area contributed by atoms with E-state index in [0.29, 0.717) is 5.56 Å². The first-order valence-electron chi connectivity index (χ1n) is 5.48. The van der Waals surface area contributed by atoms with Gasteiger partial charge >= 0.3 is 6.18 Å². The number of carbonyl (C=O) groups excluding carboxylic acids is 1. The van der Waals surface area contributed by atoms with Crippen molar-refractivity contribution in [1.29, 1.82) is 5.26 Å². The van der Waals surface area contributed by atoms with Crippen LogP contribution in [0.5, 0.6) is 0 Å². The van der Waals surface area contributed by atoms with Gasteiger partial charge in [0.15, 0.2) is 0 Å². The summed E-state index contributed by atoms with van der Waals surface area (Å²) in [7, 11) is 0. The van der Waals surface area contributed by atoms with Gasteiger partial charge in [-0.25, -0.2) is 0 Å². The largest absolute Gasteiger partial charge is 0.431 e. The van der Waals surface area contributed by atoms with Crippen LogP contribution in [-0.4, -0.2) is 12.1 Å². The molecule has 98 valence electrons. The number of carbonyl (C=O) groups is 1. The molecule has 1 heterocycles. The highest BCUT2D eigenvalue weighted by molar-refractivity contribution is 5.85. The van der Waals surface area contributed by atoms with E-state index in [1.165, 1.54) is 0 Å². The number of rotatable bonds is 1. The molecule has 0 saturated carbocycles. The number of allylic oxidation sites excluding steroid dienone is 2. The molecule has 1 aliphatic rings. The van der Waals surface area contributed by atoms with Gasteiger partial charge in [0.1, 0.15) is 11.6 Å². The van der Waals surface area contributed by atoms with Gasteiger partial charge in [0, 0.05) is 5.92 Å². The van der Waals surface area contributed by atoms with Crippen LogP contribution in [0.1, 0.15) is 11.5 Å². The quantitative estimate of drug-likeness (QED) is 0.849. The van der Waals surface area contributed by atoms with E-state index in [9.17, 15) is 18.0 Å². The standard InChI is InChI=1S/C13H9F3N2O/c14-13(15,16)11-6-9(8-4-2-1-3-5-8)10(7-17)12(19)18-11/h1-6,9-10H,(H,18,19)/t9-,10+/m0/s1. The fourth-order valence-corrected chi connectivity index (χ4v) is 1.96. The summed E-state index contributed by atoms with van der Waals surface area (Å²) in [6, 6.07) is 9.95. The predicted octanol–water partition coefficient (Wildman–Crippen LogP) is 2.49. The van der Waals surface area contributed by atoms with Crippen molar-refractivity contribution in [3.63, 3.8) is 0 Å². The van der Waals surface area contributed by atoms with Crippen LogP contribution in [0, 0.1) is 17.2 Å². The molecule has 19 heavy (non-hydrogen) atoms. The van der Waals surface area contributed by atoms with Crippen molar-refractivity contribution in [3.8, 4) is 6.07 Å². The first-order valence-corrected chi connectivity index (χ1v) is 5.48. The molecule has 0 aliphatic carbocycles. The highest BCUT2D eigenvalue weighted by Crippen LogP contribution is 2.35. The molecule has 0 aromatic heterocycles. The second-order valence-corrected chi connectivity index (χ2v) is 4.11. The topological polar surface area (TPSA) is 52.9 Å².